The molecule has 0 spiro atoms. The third-order valence-electron chi connectivity index (χ3n) is 8.99. The monoisotopic (exact) mass is 539 g/mol. The number of nitrogens with zero attached hydrogens (tertiary/aromatic N) is 7. The van der Waals surface area contributed by atoms with Gasteiger partial charge in [-0.1, -0.05) is 24.1 Å². The van der Waals surface area contributed by atoms with Gasteiger partial charge in [0.1, 0.15) is 29.8 Å². The van der Waals surface area contributed by atoms with E-state index in [-0.39, 0.29) is 17.0 Å². The van der Waals surface area contributed by atoms with Crippen molar-refractivity contribution in [2.45, 2.75) is 43.2 Å². The quantitative estimate of drug-likeness (QED) is 0.323. The van der Waals surface area contributed by atoms with Crippen molar-refractivity contribution in [3.8, 4) is 23.5 Å². The van der Waals surface area contributed by atoms with Crippen LogP contribution in [0.3, 0.4) is 0 Å². The number of benzene rings is 1. The van der Waals surface area contributed by atoms with Crippen molar-refractivity contribution in [1.29, 1.82) is 0 Å². The second kappa shape index (κ2) is 8.35. The van der Waals surface area contributed by atoms with Crippen LogP contribution >= 0.6 is 0 Å². The summed E-state index contributed by atoms with van der Waals surface area (Å²) in [5, 5.41) is 9.29. The van der Waals surface area contributed by atoms with Gasteiger partial charge in [0.05, 0.1) is 16.5 Å². The molecule has 41 heavy (non-hydrogen) atoms. The van der Waals surface area contributed by atoms with E-state index in [1.54, 1.807) is 22.8 Å². The summed E-state index contributed by atoms with van der Waals surface area (Å²) in [6.07, 6.45) is 16.9. The summed E-state index contributed by atoms with van der Waals surface area (Å²) in [4.78, 5) is 31.3. The number of nitrogens with two attached hydrogens (primary N) is 1. The molecule has 0 unspecified atom stereocenters. The van der Waals surface area contributed by atoms with E-state index in [2.05, 4.69) is 36.9 Å². The molecule has 2 aliphatic carbocycles. The molecular weight excluding hydrogens is 514 g/mol. The minimum Gasteiger partial charge on any atom is -0.383 e. The lowest BCUT2D eigenvalue weighted by Gasteiger charge is -2.30. The van der Waals surface area contributed by atoms with Gasteiger partial charge in [0.15, 0.2) is 5.65 Å². The minimum absolute atomic E-state index is 0.121. The highest BCUT2D eigenvalue weighted by molar-refractivity contribution is 6.04. The topological polar surface area (TPSA) is 129 Å². The van der Waals surface area contributed by atoms with Gasteiger partial charge < -0.3 is 15.6 Å². The van der Waals surface area contributed by atoms with Crippen LogP contribution in [0.1, 0.15) is 48.2 Å². The van der Waals surface area contributed by atoms with Crippen LogP contribution in [-0.2, 0) is 5.54 Å². The first-order valence-electron chi connectivity index (χ1n) is 13.6. The first-order chi connectivity index (χ1) is 20.0. The number of hydrogen-bond acceptors (Lipinski definition) is 7. The van der Waals surface area contributed by atoms with Crippen LogP contribution in [0.25, 0.3) is 38.7 Å². The summed E-state index contributed by atoms with van der Waals surface area (Å²) in [6, 6.07) is 13.6. The number of terminal acetylenes is 1. The summed E-state index contributed by atoms with van der Waals surface area (Å²) in [5.41, 5.74) is 11.1. The summed E-state index contributed by atoms with van der Waals surface area (Å²) >= 11 is 0. The Kier molecular flexibility index (Phi) is 4.80. The van der Waals surface area contributed by atoms with Crippen LogP contribution in [0.4, 0.5) is 5.82 Å². The number of carbonyl (C=O) groups excluding carboxylic acids is 1. The van der Waals surface area contributed by atoms with E-state index in [1.807, 2.05) is 30.5 Å². The average molecular weight is 540 g/mol. The molecule has 0 atom stereocenters. The van der Waals surface area contributed by atoms with E-state index in [4.69, 9.17) is 22.1 Å². The lowest BCUT2D eigenvalue weighted by Crippen LogP contribution is -2.45. The van der Waals surface area contributed by atoms with Gasteiger partial charge in [0, 0.05) is 40.0 Å². The predicted octanol–water partition coefficient (Wildman–Crippen LogP) is 4.09. The third-order valence-corrected chi connectivity index (χ3v) is 8.99. The number of amides is 1. The van der Waals surface area contributed by atoms with Crippen molar-refractivity contribution in [3.05, 3.63) is 78.8 Å². The number of para-hydroxylation sites is 1. The highest BCUT2D eigenvalue weighted by Gasteiger charge is 2.57. The van der Waals surface area contributed by atoms with E-state index in [0.29, 0.717) is 28.4 Å². The number of nitrogens with one attached hydrogen (secondary N) is 1. The lowest BCUT2D eigenvalue weighted by atomic mass is 9.90. The average Bonchev–Trinajstić information content (AvgIpc) is 3.77. The normalized spacial score (nSPS) is 21.5. The molecule has 1 amide bonds. The van der Waals surface area contributed by atoms with E-state index in [0.717, 1.165) is 59.5 Å². The third kappa shape index (κ3) is 3.38. The Hall–Kier alpha value is -5.30. The number of rotatable bonds is 4. The Bertz CT molecular complexity index is 2070. The molecule has 3 N–H and O–H groups in total. The number of aromatic nitrogens is 7. The molecule has 2 saturated carbocycles. The molecule has 0 aliphatic heterocycles. The Morgan fingerprint density at radius 1 is 1.02 bits per heavy atom. The zero-order chi connectivity index (χ0) is 27.8. The van der Waals surface area contributed by atoms with Crippen molar-refractivity contribution in [3.63, 3.8) is 0 Å². The predicted molar refractivity (Wildman–Crippen MR) is 155 cm³/mol. The first-order valence-corrected chi connectivity index (χ1v) is 13.6. The maximum atomic E-state index is 13.4. The van der Waals surface area contributed by atoms with E-state index in [9.17, 15) is 4.79 Å². The van der Waals surface area contributed by atoms with Crippen LogP contribution in [0, 0.1) is 12.3 Å². The number of pyridine rings is 2. The van der Waals surface area contributed by atoms with Crippen molar-refractivity contribution >= 4 is 39.3 Å². The zero-order valence-electron chi connectivity index (χ0n) is 22.1. The van der Waals surface area contributed by atoms with E-state index < -0.39 is 0 Å². The maximum Gasteiger partial charge on any atom is 0.253 e. The second-order valence-electron chi connectivity index (χ2n) is 11.2. The highest BCUT2D eigenvalue weighted by Crippen LogP contribution is 2.57. The van der Waals surface area contributed by atoms with Crippen LogP contribution in [-0.4, -0.2) is 45.6 Å². The zero-order valence-corrected chi connectivity index (χ0v) is 22.1. The molecule has 6 aromatic rings. The van der Waals surface area contributed by atoms with Gasteiger partial charge >= 0.3 is 0 Å². The molecule has 5 aromatic heterocycles. The fourth-order valence-corrected chi connectivity index (χ4v) is 7.14. The van der Waals surface area contributed by atoms with Crippen molar-refractivity contribution < 1.29 is 4.79 Å². The van der Waals surface area contributed by atoms with Crippen molar-refractivity contribution in [1.82, 2.24) is 39.4 Å². The van der Waals surface area contributed by atoms with Gasteiger partial charge in [-0.2, -0.15) is 5.10 Å². The van der Waals surface area contributed by atoms with E-state index >= 15 is 0 Å². The standard InChI is InChI=1S/C31H25N9O/c1-2-23-25(21-13-19-5-3-4-6-22(19)33-14-21)26-27(32)35-17-36-28(26)40(23)31-11-9-30(16-31,10-12-31)38-29(41)20-7-8-24-34-18-37-39(24)15-20/h1,3-8,13-15,17-18H,9-12,16H2,(H,38,41)(H2,32,35,36). The van der Waals surface area contributed by atoms with Crippen LogP contribution in [0.5, 0.6) is 0 Å². The number of hydrogen-bond donors (Lipinski definition) is 2. The summed E-state index contributed by atoms with van der Waals surface area (Å²) in [6.45, 7) is 0. The number of nitrogen functional groups attached to an aromatic ring is 1. The lowest BCUT2D eigenvalue weighted by molar-refractivity contribution is 0.0900. The fraction of sp³-hybridized carbons (Fsp3) is 0.226. The maximum absolute atomic E-state index is 13.4. The smallest absolute Gasteiger partial charge is 0.253 e. The summed E-state index contributed by atoms with van der Waals surface area (Å²) in [5.74, 6) is 3.24. The molecular formula is C31H25N9O. The minimum atomic E-state index is -0.347. The van der Waals surface area contributed by atoms with Crippen molar-refractivity contribution in [2.75, 3.05) is 5.73 Å². The molecule has 2 fully saturated rings. The Morgan fingerprint density at radius 2 is 1.88 bits per heavy atom. The molecule has 1 aromatic carbocycles. The second-order valence-corrected chi connectivity index (χ2v) is 11.2. The number of carbonyl (C=O) groups is 1. The van der Waals surface area contributed by atoms with Crippen LogP contribution < -0.4 is 11.1 Å². The van der Waals surface area contributed by atoms with Gasteiger partial charge in [-0.3, -0.25) is 9.78 Å². The molecule has 200 valence electrons. The van der Waals surface area contributed by atoms with Gasteiger partial charge in [-0.15, -0.1) is 6.42 Å². The molecule has 5 heterocycles. The Morgan fingerprint density at radius 3 is 2.73 bits per heavy atom. The summed E-state index contributed by atoms with van der Waals surface area (Å²) < 4.78 is 3.81. The Labute approximate surface area is 234 Å². The molecule has 2 bridgehead atoms. The van der Waals surface area contributed by atoms with Crippen molar-refractivity contribution in [2.24, 2.45) is 0 Å². The molecule has 2 aliphatic rings. The molecule has 0 radical (unpaired) electrons. The Balaban J connectivity index is 1.22. The summed E-state index contributed by atoms with van der Waals surface area (Å²) in [7, 11) is 0. The van der Waals surface area contributed by atoms with Gasteiger partial charge in [-0.25, -0.2) is 19.5 Å². The highest BCUT2D eigenvalue weighted by atomic mass is 16.1. The number of fused-ring (bicyclic) bond motifs is 5. The molecule has 0 saturated heterocycles. The van der Waals surface area contributed by atoms with Crippen LogP contribution in [0.15, 0.2) is 67.5 Å². The molecule has 8 rings (SSSR count). The van der Waals surface area contributed by atoms with Gasteiger partial charge in [-0.05, 0) is 56.4 Å². The van der Waals surface area contributed by atoms with Gasteiger partial charge in [0.2, 0.25) is 0 Å². The largest absolute Gasteiger partial charge is 0.383 e. The first kappa shape index (κ1) is 23.6. The van der Waals surface area contributed by atoms with Crippen LogP contribution in [0.2, 0.25) is 0 Å². The number of anilines is 1. The SMILES string of the molecule is C#Cc1c(-c2cnc3ccccc3c2)c2c(N)ncnc2n1C12CCC(NC(=O)c3ccc4ncnn4c3)(CC1)C2. The molecule has 10 heteroatoms. The molecule has 10 nitrogen and oxygen atoms in total. The van der Waals surface area contributed by atoms with Gasteiger partial charge in [0.25, 0.3) is 5.91 Å². The van der Waals surface area contributed by atoms with E-state index in [1.165, 1.54) is 12.7 Å². The fourth-order valence-electron chi connectivity index (χ4n) is 7.14.